The minimum atomic E-state index is -0.682. The summed E-state index contributed by atoms with van der Waals surface area (Å²) in [6.07, 6.45) is 5.65. The highest BCUT2D eigenvalue weighted by Gasteiger charge is 2.28. The Morgan fingerprint density at radius 2 is 2.27 bits per heavy atom. The standard InChI is InChI=1S/C8H19N7/c1-2-3-4-5-8(15-10)12-6-11-7(13-8)14-9/h6,15H,2-5,9-10H2,1H3,(H2,11,12,13,14). The van der Waals surface area contributed by atoms with Gasteiger partial charge in [0.2, 0.25) is 11.7 Å². The van der Waals surface area contributed by atoms with Crippen LogP contribution >= 0.6 is 0 Å². The fourth-order valence-electron chi connectivity index (χ4n) is 1.42. The van der Waals surface area contributed by atoms with Crippen LogP contribution in [0.3, 0.4) is 0 Å². The summed E-state index contributed by atoms with van der Waals surface area (Å²) in [6, 6.07) is 0. The van der Waals surface area contributed by atoms with E-state index in [2.05, 4.69) is 33.1 Å². The molecule has 0 aromatic carbocycles. The number of hydrogen-bond donors (Lipinski definition) is 5. The van der Waals surface area contributed by atoms with E-state index in [1.807, 2.05) is 0 Å². The second-order valence-electron chi connectivity index (χ2n) is 3.44. The molecule has 0 spiro atoms. The number of guanidine groups is 1. The van der Waals surface area contributed by atoms with Gasteiger partial charge < -0.3 is 5.32 Å². The topological polar surface area (TPSA) is 113 Å². The lowest BCUT2D eigenvalue weighted by molar-refractivity contribution is 0.282. The van der Waals surface area contributed by atoms with Gasteiger partial charge in [-0.15, -0.1) is 0 Å². The maximum atomic E-state index is 5.49. The van der Waals surface area contributed by atoms with Crippen LogP contribution in [-0.2, 0) is 0 Å². The first-order valence-corrected chi connectivity index (χ1v) is 5.11. The van der Waals surface area contributed by atoms with Crippen LogP contribution in [0, 0.1) is 0 Å². The van der Waals surface area contributed by atoms with Crippen LogP contribution in [0.15, 0.2) is 9.98 Å². The average molecular weight is 213 g/mol. The van der Waals surface area contributed by atoms with Gasteiger partial charge in [0.05, 0.1) is 6.34 Å². The summed E-state index contributed by atoms with van der Waals surface area (Å²) >= 11 is 0. The number of nitrogens with two attached hydrogens (primary N) is 2. The van der Waals surface area contributed by atoms with E-state index in [-0.39, 0.29) is 0 Å². The number of aliphatic imine (C=N–C) groups is 2. The van der Waals surface area contributed by atoms with Crippen molar-refractivity contribution in [3.05, 3.63) is 0 Å². The molecule has 0 bridgehead atoms. The van der Waals surface area contributed by atoms with E-state index < -0.39 is 5.79 Å². The summed E-state index contributed by atoms with van der Waals surface area (Å²) < 4.78 is 0. The quantitative estimate of drug-likeness (QED) is 0.231. The Kier molecular flexibility index (Phi) is 4.47. The molecule has 15 heavy (non-hydrogen) atoms. The first-order valence-electron chi connectivity index (χ1n) is 5.11. The molecule has 0 aliphatic carbocycles. The van der Waals surface area contributed by atoms with Crippen LogP contribution in [0.2, 0.25) is 0 Å². The predicted molar refractivity (Wildman–Crippen MR) is 60.6 cm³/mol. The molecule has 1 aliphatic rings. The molecular weight excluding hydrogens is 194 g/mol. The summed E-state index contributed by atoms with van der Waals surface area (Å²) in [5.74, 6) is 10.4. The van der Waals surface area contributed by atoms with E-state index in [9.17, 15) is 0 Å². The Bertz CT molecular complexity index is 249. The molecule has 0 aromatic heterocycles. The second kappa shape index (κ2) is 5.64. The first-order chi connectivity index (χ1) is 7.26. The minimum absolute atomic E-state index is 0.364. The lowest BCUT2D eigenvalue weighted by atomic mass is 10.1. The summed E-state index contributed by atoms with van der Waals surface area (Å²) in [5, 5.41) is 2.99. The Balaban J connectivity index is 2.60. The van der Waals surface area contributed by atoms with Gasteiger partial charge in [0, 0.05) is 6.42 Å². The molecule has 7 nitrogen and oxygen atoms in total. The monoisotopic (exact) mass is 213 g/mol. The number of rotatable bonds is 5. The van der Waals surface area contributed by atoms with Gasteiger partial charge in [0.25, 0.3) is 0 Å². The summed E-state index contributed by atoms with van der Waals surface area (Å²) in [7, 11) is 0. The minimum Gasteiger partial charge on any atom is -0.339 e. The Labute approximate surface area is 89.3 Å². The lowest BCUT2D eigenvalue weighted by Gasteiger charge is -2.31. The molecule has 1 unspecified atom stereocenters. The molecule has 1 atom stereocenters. The van der Waals surface area contributed by atoms with Crippen molar-refractivity contribution in [2.75, 3.05) is 0 Å². The van der Waals surface area contributed by atoms with Crippen molar-refractivity contribution in [3.63, 3.8) is 0 Å². The van der Waals surface area contributed by atoms with Crippen LogP contribution in [0.4, 0.5) is 0 Å². The Morgan fingerprint density at radius 1 is 1.47 bits per heavy atom. The zero-order chi connectivity index (χ0) is 11.1. The molecule has 7 heteroatoms. The summed E-state index contributed by atoms with van der Waals surface area (Å²) in [5.41, 5.74) is 5.06. The van der Waals surface area contributed by atoms with Crippen molar-refractivity contribution in [2.45, 2.75) is 38.4 Å². The number of hydrogen-bond acceptors (Lipinski definition) is 7. The van der Waals surface area contributed by atoms with Crippen LogP contribution in [0.5, 0.6) is 0 Å². The Morgan fingerprint density at radius 3 is 2.87 bits per heavy atom. The molecule has 0 saturated carbocycles. The first kappa shape index (κ1) is 11.9. The van der Waals surface area contributed by atoms with Gasteiger partial charge in [0.15, 0.2) is 0 Å². The summed E-state index contributed by atoms with van der Waals surface area (Å²) in [4.78, 5) is 8.16. The van der Waals surface area contributed by atoms with Crippen molar-refractivity contribution >= 4 is 12.3 Å². The molecule has 0 radical (unpaired) electrons. The largest absolute Gasteiger partial charge is 0.339 e. The van der Waals surface area contributed by atoms with Gasteiger partial charge in [-0.05, 0) is 6.42 Å². The molecule has 1 aliphatic heterocycles. The van der Waals surface area contributed by atoms with Crippen LogP contribution in [-0.4, -0.2) is 18.1 Å². The van der Waals surface area contributed by atoms with Gasteiger partial charge >= 0.3 is 0 Å². The van der Waals surface area contributed by atoms with Gasteiger partial charge in [-0.25, -0.2) is 21.3 Å². The van der Waals surface area contributed by atoms with E-state index in [0.29, 0.717) is 5.96 Å². The van der Waals surface area contributed by atoms with Crippen molar-refractivity contribution in [2.24, 2.45) is 21.7 Å². The van der Waals surface area contributed by atoms with E-state index in [1.54, 1.807) is 0 Å². The van der Waals surface area contributed by atoms with Crippen molar-refractivity contribution < 1.29 is 0 Å². The highest BCUT2D eigenvalue weighted by molar-refractivity contribution is 5.88. The van der Waals surface area contributed by atoms with E-state index >= 15 is 0 Å². The molecule has 0 aromatic rings. The fourth-order valence-corrected chi connectivity index (χ4v) is 1.42. The lowest BCUT2D eigenvalue weighted by Crippen LogP contribution is -2.60. The zero-order valence-electron chi connectivity index (χ0n) is 8.95. The van der Waals surface area contributed by atoms with Gasteiger partial charge in [-0.3, -0.25) is 11.3 Å². The smallest absolute Gasteiger partial charge is 0.237 e. The predicted octanol–water partition coefficient (Wildman–Crippen LogP) is -0.865. The highest BCUT2D eigenvalue weighted by Crippen LogP contribution is 2.14. The molecule has 7 N–H and O–H groups in total. The van der Waals surface area contributed by atoms with Gasteiger partial charge in [0.1, 0.15) is 0 Å². The maximum Gasteiger partial charge on any atom is 0.237 e. The number of nitrogens with zero attached hydrogens (tertiary/aromatic N) is 2. The molecule has 1 heterocycles. The van der Waals surface area contributed by atoms with E-state index in [0.717, 1.165) is 25.7 Å². The summed E-state index contributed by atoms with van der Waals surface area (Å²) in [6.45, 7) is 2.15. The molecule has 1 rings (SSSR count). The third-order valence-electron chi connectivity index (χ3n) is 2.30. The molecular formula is C8H19N7. The van der Waals surface area contributed by atoms with Crippen LogP contribution < -0.4 is 27.9 Å². The molecule has 0 amide bonds. The maximum absolute atomic E-state index is 5.49. The van der Waals surface area contributed by atoms with Gasteiger partial charge in [-0.1, -0.05) is 19.8 Å². The van der Waals surface area contributed by atoms with Crippen LogP contribution in [0.25, 0.3) is 0 Å². The highest BCUT2D eigenvalue weighted by atomic mass is 15.5. The number of unbranched alkanes of at least 4 members (excludes halogenated alkanes) is 2. The van der Waals surface area contributed by atoms with Crippen molar-refractivity contribution in [1.29, 1.82) is 0 Å². The van der Waals surface area contributed by atoms with Gasteiger partial charge in [-0.2, -0.15) is 0 Å². The molecule has 0 saturated heterocycles. The van der Waals surface area contributed by atoms with E-state index in [4.69, 9.17) is 11.7 Å². The SMILES string of the molecule is CCCCCC1(NN)N=C(NN)N=CN1. The third kappa shape index (κ3) is 3.15. The zero-order valence-corrected chi connectivity index (χ0v) is 8.95. The molecule has 0 fully saturated rings. The fraction of sp³-hybridized carbons (Fsp3) is 0.750. The number of hydrazine groups is 2. The number of nitrogens with one attached hydrogen (secondary N) is 3. The Hall–Kier alpha value is -1.18. The van der Waals surface area contributed by atoms with E-state index in [1.165, 1.54) is 6.34 Å². The van der Waals surface area contributed by atoms with Crippen molar-refractivity contribution in [1.82, 2.24) is 16.2 Å². The normalized spacial score (nSPS) is 24.6. The third-order valence-corrected chi connectivity index (χ3v) is 2.30. The molecule has 86 valence electrons. The van der Waals surface area contributed by atoms with Crippen LogP contribution in [0.1, 0.15) is 32.6 Å². The average Bonchev–Trinajstić information content (AvgIpc) is 2.30. The second-order valence-corrected chi connectivity index (χ2v) is 3.44. The van der Waals surface area contributed by atoms with Crippen molar-refractivity contribution in [3.8, 4) is 0 Å².